The average molecular weight is 258 g/mol. The third kappa shape index (κ3) is 2.97. The number of hydrogen-bond acceptors (Lipinski definition) is 5. The zero-order valence-corrected chi connectivity index (χ0v) is 11.3. The van der Waals surface area contributed by atoms with Gasteiger partial charge in [-0.05, 0) is 26.0 Å². The molecule has 1 aliphatic heterocycles. The fourth-order valence-corrected chi connectivity index (χ4v) is 3.86. The standard InChI is InChI=1S/C11H18N2OS2/c1-8(10-5-12-9(2)16-10)13-6-11(14)3-4-15-7-11/h5,8,13-14H,3-4,6-7H2,1-2H3. The highest BCUT2D eigenvalue weighted by molar-refractivity contribution is 7.99. The number of aliphatic hydroxyl groups is 1. The summed E-state index contributed by atoms with van der Waals surface area (Å²) < 4.78 is 0. The van der Waals surface area contributed by atoms with Gasteiger partial charge in [-0.3, -0.25) is 0 Å². The lowest BCUT2D eigenvalue weighted by atomic mass is 10.0. The highest BCUT2D eigenvalue weighted by Gasteiger charge is 2.31. The first-order chi connectivity index (χ1) is 7.59. The van der Waals surface area contributed by atoms with Crippen molar-refractivity contribution in [3.63, 3.8) is 0 Å². The fourth-order valence-electron chi connectivity index (χ4n) is 1.76. The highest BCUT2D eigenvalue weighted by atomic mass is 32.2. The SMILES string of the molecule is Cc1ncc(C(C)NCC2(O)CCSC2)s1. The number of thioether (sulfide) groups is 1. The topological polar surface area (TPSA) is 45.2 Å². The van der Waals surface area contributed by atoms with E-state index in [2.05, 4.69) is 17.2 Å². The molecule has 2 unspecified atom stereocenters. The number of rotatable bonds is 4. The van der Waals surface area contributed by atoms with Gasteiger partial charge in [-0.25, -0.2) is 4.98 Å². The van der Waals surface area contributed by atoms with Crippen LogP contribution in [0.2, 0.25) is 0 Å². The number of thiazole rings is 1. The minimum atomic E-state index is -0.501. The Balaban J connectivity index is 1.86. The van der Waals surface area contributed by atoms with Gasteiger partial charge < -0.3 is 10.4 Å². The molecule has 1 aromatic heterocycles. The third-order valence-electron chi connectivity index (χ3n) is 2.89. The Morgan fingerprint density at radius 2 is 2.50 bits per heavy atom. The van der Waals surface area contributed by atoms with E-state index in [0.717, 1.165) is 22.9 Å². The summed E-state index contributed by atoms with van der Waals surface area (Å²) in [6, 6.07) is 0.279. The molecule has 1 fully saturated rings. The van der Waals surface area contributed by atoms with Crippen LogP contribution in [0, 0.1) is 6.92 Å². The molecule has 2 N–H and O–H groups in total. The lowest BCUT2D eigenvalue weighted by Crippen LogP contribution is -2.41. The summed E-state index contributed by atoms with van der Waals surface area (Å²) in [6.07, 6.45) is 2.82. The van der Waals surface area contributed by atoms with Crippen LogP contribution in [0.5, 0.6) is 0 Å². The zero-order chi connectivity index (χ0) is 11.6. The second kappa shape index (κ2) is 5.04. The van der Waals surface area contributed by atoms with Crippen molar-refractivity contribution in [3.05, 3.63) is 16.1 Å². The van der Waals surface area contributed by atoms with Crippen LogP contribution in [0.3, 0.4) is 0 Å². The Hall–Kier alpha value is -0.100. The van der Waals surface area contributed by atoms with E-state index in [4.69, 9.17) is 0 Å². The van der Waals surface area contributed by atoms with Crippen LogP contribution in [0.4, 0.5) is 0 Å². The lowest BCUT2D eigenvalue weighted by molar-refractivity contribution is 0.0652. The van der Waals surface area contributed by atoms with E-state index in [1.54, 1.807) is 11.3 Å². The molecule has 1 aliphatic rings. The van der Waals surface area contributed by atoms with Gasteiger partial charge in [0, 0.05) is 29.4 Å². The minimum Gasteiger partial charge on any atom is -0.388 e. The van der Waals surface area contributed by atoms with Crippen molar-refractivity contribution in [1.29, 1.82) is 0 Å². The second-order valence-corrected chi connectivity index (χ2v) is 6.78. The number of aromatic nitrogens is 1. The normalized spacial score (nSPS) is 27.2. The largest absolute Gasteiger partial charge is 0.388 e. The van der Waals surface area contributed by atoms with Gasteiger partial charge in [-0.1, -0.05) is 0 Å². The molecule has 0 bridgehead atoms. The molecule has 16 heavy (non-hydrogen) atoms. The van der Waals surface area contributed by atoms with Crippen molar-refractivity contribution < 1.29 is 5.11 Å². The van der Waals surface area contributed by atoms with Gasteiger partial charge in [0.2, 0.25) is 0 Å². The van der Waals surface area contributed by atoms with E-state index in [-0.39, 0.29) is 6.04 Å². The van der Waals surface area contributed by atoms with E-state index < -0.39 is 5.60 Å². The third-order valence-corrected chi connectivity index (χ3v) is 5.22. The van der Waals surface area contributed by atoms with Crippen molar-refractivity contribution in [2.24, 2.45) is 0 Å². The molecule has 0 spiro atoms. The Kier molecular flexibility index (Phi) is 3.89. The van der Waals surface area contributed by atoms with Gasteiger partial charge in [-0.15, -0.1) is 11.3 Å². The van der Waals surface area contributed by atoms with Crippen molar-refractivity contribution in [2.75, 3.05) is 18.1 Å². The van der Waals surface area contributed by atoms with Crippen molar-refractivity contribution in [1.82, 2.24) is 10.3 Å². The summed E-state index contributed by atoms with van der Waals surface area (Å²) in [6.45, 7) is 4.82. The molecule has 1 aromatic rings. The molecule has 2 rings (SSSR count). The first kappa shape index (κ1) is 12.4. The molecule has 0 radical (unpaired) electrons. The number of aryl methyl sites for hydroxylation is 1. The van der Waals surface area contributed by atoms with Gasteiger partial charge in [-0.2, -0.15) is 11.8 Å². The van der Waals surface area contributed by atoms with Crippen molar-refractivity contribution in [2.45, 2.75) is 31.9 Å². The van der Waals surface area contributed by atoms with Crippen LogP contribution >= 0.6 is 23.1 Å². The molecule has 2 heterocycles. The first-order valence-corrected chi connectivity index (χ1v) is 7.52. The summed E-state index contributed by atoms with van der Waals surface area (Å²) >= 11 is 3.55. The fraction of sp³-hybridized carbons (Fsp3) is 0.727. The van der Waals surface area contributed by atoms with Gasteiger partial charge in [0.05, 0.1) is 10.6 Å². The molecule has 1 saturated heterocycles. The molecule has 5 heteroatoms. The van der Waals surface area contributed by atoms with E-state index in [1.165, 1.54) is 4.88 Å². The predicted octanol–water partition coefficient (Wildman–Crippen LogP) is 1.97. The maximum Gasteiger partial charge on any atom is 0.0897 e. The summed E-state index contributed by atoms with van der Waals surface area (Å²) in [5.41, 5.74) is -0.501. The molecule has 0 saturated carbocycles. The average Bonchev–Trinajstić information content (AvgIpc) is 2.85. The minimum absolute atomic E-state index is 0.279. The van der Waals surface area contributed by atoms with Gasteiger partial charge in [0.1, 0.15) is 0 Å². The lowest BCUT2D eigenvalue weighted by Gasteiger charge is -2.24. The number of hydrogen-bond donors (Lipinski definition) is 2. The molecule has 0 aromatic carbocycles. The summed E-state index contributed by atoms with van der Waals surface area (Å²) in [7, 11) is 0. The second-order valence-electron chi connectivity index (χ2n) is 4.41. The molecule has 0 aliphatic carbocycles. The quantitative estimate of drug-likeness (QED) is 0.867. The van der Waals surface area contributed by atoms with Crippen LogP contribution in [-0.2, 0) is 0 Å². The molecule has 2 atom stereocenters. The van der Waals surface area contributed by atoms with Crippen LogP contribution < -0.4 is 5.32 Å². The Labute approximate surface area is 105 Å². The van der Waals surface area contributed by atoms with Crippen molar-refractivity contribution in [3.8, 4) is 0 Å². The van der Waals surface area contributed by atoms with Gasteiger partial charge >= 0.3 is 0 Å². The molecule has 0 amide bonds. The maximum absolute atomic E-state index is 10.2. The van der Waals surface area contributed by atoms with E-state index >= 15 is 0 Å². The monoisotopic (exact) mass is 258 g/mol. The van der Waals surface area contributed by atoms with Gasteiger partial charge in [0.25, 0.3) is 0 Å². The predicted molar refractivity (Wildman–Crippen MR) is 70.2 cm³/mol. The van der Waals surface area contributed by atoms with Crippen LogP contribution in [-0.4, -0.2) is 33.7 Å². The van der Waals surface area contributed by atoms with Crippen LogP contribution in [0.15, 0.2) is 6.20 Å². The molecular formula is C11H18N2OS2. The summed E-state index contributed by atoms with van der Waals surface area (Å²) in [4.78, 5) is 5.49. The number of nitrogens with zero attached hydrogens (tertiary/aromatic N) is 1. The van der Waals surface area contributed by atoms with E-state index in [9.17, 15) is 5.11 Å². The van der Waals surface area contributed by atoms with E-state index in [1.807, 2.05) is 24.9 Å². The summed E-state index contributed by atoms with van der Waals surface area (Å²) in [5, 5.41) is 14.7. The Bertz CT molecular complexity index is 348. The Morgan fingerprint density at radius 1 is 1.69 bits per heavy atom. The van der Waals surface area contributed by atoms with Crippen LogP contribution in [0.1, 0.15) is 29.3 Å². The highest BCUT2D eigenvalue weighted by Crippen LogP contribution is 2.28. The Morgan fingerprint density at radius 3 is 3.06 bits per heavy atom. The first-order valence-electron chi connectivity index (χ1n) is 5.55. The molecular weight excluding hydrogens is 240 g/mol. The smallest absolute Gasteiger partial charge is 0.0897 e. The van der Waals surface area contributed by atoms with Crippen LogP contribution in [0.25, 0.3) is 0 Å². The van der Waals surface area contributed by atoms with Gasteiger partial charge in [0.15, 0.2) is 0 Å². The molecule has 3 nitrogen and oxygen atoms in total. The maximum atomic E-state index is 10.2. The molecule has 90 valence electrons. The summed E-state index contributed by atoms with van der Waals surface area (Å²) in [5.74, 6) is 1.93. The van der Waals surface area contributed by atoms with Crippen molar-refractivity contribution >= 4 is 23.1 Å². The van der Waals surface area contributed by atoms with E-state index in [0.29, 0.717) is 6.54 Å². The number of nitrogens with one attached hydrogen (secondary N) is 1. The zero-order valence-electron chi connectivity index (χ0n) is 9.69.